The number of amidine groups is 1. The van der Waals surface area contributed by atoms with Crippen molar-refractivity contribution in [3.05, 3.63) is 65.1 Å². The van der Waals surface area contributed by atoms with Crippen LogP contribution in [0.15, 0.2) is 64.5 Å². The molecule has 4 rings (SSSR count). The summed E-state index contributed by atoms with van der Waals surface area (Å²) < 4.78 is 5.67. The number of para-hydroxylation sites is 1. The van der Waals surface area contributed by atoms with Gasteiger partial charge in [0.05, 0.1) is 17.2 Å². The minimum Gasteiger partial charge on any atom is -0.494 e. The van der Waals surface area contributed by atoms with Crippen LogP contribution in [0.5, 0.6) is 5.75 Å². The summed E-state index contributed by atoms with van der Waals surface area (Å²) in [5.41, 5.74) is 1.88. The van der Waals surface area contributed by atoms with E-state index in [-0.39, 0.29) is 11.9 Å². The van der Waals surface area contributed by atoms with E-state index in [4.69, 9.17) is 9.73 Å². The summed E-state index contributed by atoms with van der Waals surface area (Å²) in [7, 11) is 0. The number of aliphatic imine (C=N–C) groups is 1. The minimum atomic E-state index is 0.0738. The maximum atomic E-state index is 13.5. The molecule has 0 bridgehead atoms. The Kier molecular flexibility index (Phi) is 7.13. The van der Waals surface area contributed by atoms with Crippen molar-refractivity contribution in [1.82, 2.24) is 4.90 Å². The lowest BCUT2D eigenvalue weighted by atomic mass is 9.85. The van der Waals surface area contributed by atoms with Gasteiger partial charge in [0, 0.05) is 6.04 Å². The Hall–Kier alpha value is -2.53. The molecule has 1 aliphatic carbocycles. The number of carbonyl (C=O) groups excluding carboxylic acids is 1. The second-order valence-electron chi connectivity index (χ2n) is 8.26. The molecule has 31 heavy (non-hydrogen) atoms. The molecule has 1 heterocycles. The second-order valence-corrected chi connectivity index (χ2v) is 9.27. The van der Waals surface area contributed by atoms with Crippen LogP contribution in [0.1, 0.15) is 51.5 Å². The van der Waals surface area contributed by atoms with Crippen molar-refractivity contribution < 1.29 is 9.53 Å². The predicted molar refractivity (Wildman–Crippen MR) is 130 cm³/mol. The topological polar surface area (TPSA) is 41.9 Å². The average Bonchev–Trinajstić information content (AvgIpc) is 3.09. The van der Waals surface area contributed by atoms with Gasteiger partial charge < -0.3 is 4.74 Å². The maximum Gasteiger partial charge on any atom is 0.267 e. The number of thioether (sulfide) groups is 1. The molecule has 4 nitrogen and oxygen atoms in total. The van der Waals surface area contributed by atoms with Crippen molar-refractivity contribution in [2.24, 2.45) is 10.9 Å². The third kappa shape index (κ3) is 5.21. The van der Waals surface area contributed by atoms with Crippen molar-refractivity contribution in [1.29, 1.82) is 0 Å². The summed E-state index contributed by atoms with van der Waals surface area (Å²) in [6.07, 6.45) is 7.57. The van der Waals surface area contributed by atoms with Gasteiger partial charge in [-0.3, -0.25) is 9.69 Å². The molecule has 1 aliphatic heterocycles. The van der Waals surface area contributed by atoms with Gasteiger partial charge in [0.25, 0.3) is 5.91 Å². The molecule has 162 valence electrons. The first-order valence-electron chi connectivity index (χ1n) is 11.3. The number of benzene rings is 2. The van der Waals surface area contributed by atoms with Gasteiger partial charge in [0.1, 0.15) is 5.75 Å². The van der Waals surface area contributed by atoms with Crippen LogP contribution in [-0.4, -0.2) is 28.6 Å². The van der Waals surface area contributed by atoms with Crippen molar-refractivity contribution in [2.45, 2.75) is 52.0 Å². The molecular formula is C26H30N2O2S. The average molecular weight is 435 g/mol. The monoisotopic (exact) mass is 434 g/mol. The highest BCUT2D eigenvalue weighted by Crippen LogP contribution is 2.40. The Morgan fingerprint density at radius 1 is 1.10 bits per heavy atom. The number of amides is 1. The molecule has 1 amide bonds. The van der Waals surface area contributed by atoms with Crippen LogP contribution in [0.25, 0.3) is 6.08 Å². The minimum absolute atomic E-state index is 0.0738. The summed E-state index contributed by atoms with van der Waals surface area (Å²) >= 11 is 1.49. The Morgan fingerprint density at radius 3 is 2.55 bits per heavy atom. The normalized spacial score (nSPS) is 24.2. The van der Waals surface area contributed by atoms with E-state index in [0.29, 0.717) is 12.5 Å². The first-order valence-corrected chi connectivity index (χ1v) is 12.1. The van der Waals surface area contributed by atoms with E-state index in [9.17, 15) is 4.79 Å². The van der Waals surface area contributed by atoms with Crippen molar-refractivity contribution >= 4 is 34.6 Å². The summed E-state index contributed by atoms with van der Waals surface area (Å²) in [6.45, 7) is 5.07. The van der Waals surface area contributed by atoms with Crippen LogP contribution in [-0.2, 0) is 4.79 Å². The first kappa shape index (κ1) is 21.7. The quantitative estimate of drug-likeness (QED) is 0.478. The SMILES string of the molecule is CCCOc1ccc(/C=C2\SC(=Nc3ccccc3)N([C@H]3CCCC[C@@H]3C)C2=O)cc1. The van der Waals surface area contributed by atoms with Gasteiger partial charge in [-0.2, -0.15) is 0 Å². The number of ether oxygens (including phenoxy) is 1. The molecule has 5 heteroatoms. The first-order chi connectivity index (χ1) is 15.2. The van der Waals surface area contributed by atoms with Gasteiger partial charge in [0.15, 0.2) is 5.17 Å². The van der Waals surface area contributed by atoms with Gasteiger partial charge >= 0.3 is 0 Å². The zero-order valence-corrected chi connectivity index (χ0v) is 19.1. The summed E-state index contributed by atoms with van der Waals surface area (Å²) in [5, 5.41) is 0.795. The lowest BCUT2D eigenvalue weighted by molar-refractivity contribution is -0.124. The predicted octanol–water partition coefficient (Wildman–Crippen LogP) is 6.66. The van der Waals surface area contributed by atoms with Crippen LogP contribution >= 0.6 is 11.8 Å². The lowest BCUT2D eigenvalue weighted by Gasteiger charge is -2.35. The number of carbonyl (C=O) groups is 1. The van der Waals surface area contributed by atoms with Crippen molar-refractivity contribution in [2.75, 3.05) is 6.61 Å². The van der Waals surface area contributed by atoms with E-state index < -0.39 is 0 Å². The van der Waals surface area contributed by atoms with Crippen molar-refractivity contribution in [3.8, 4) is 5.75 Å². The van der Waals surface area contributed by atoms with E-state index in [2.05, 4.69) is 13.8 Å². The van der Waals surface area contributed by atoms with Crippen LogP contribution in [0.3, 0.4) is 0 Å². The summed E-state index contributed by atoms with van der Waals surface area (Å²) in [5.74, 6) is 1.41. The Labute approximate surface area is 189 Å². The summed E-state index contributed by atoms with van der Waals surface area (Å²) in [4.78, 5) is 21.1. The molecule has 2 fully saturated rings. The van der Waals surface area contributed by atoms with Gasteiger partial charge in [-0.25, -0.2) is 4.99 Å². The molecule has 0 unspecified atom stereocenters. The van der Waals surface area contributed by atoms with E-state index in [0.717, 1.165) is 46.3 Å². The molecule has 0 aromatic heterocycles. The highest BCUT2D eigenvalue weighted by atomic mass is 32.2. The molecular weight excluding hydrogens is 404 g/mol. The van der Waals surface area contributed by atoms with E-state index in [1.54, 1.807) is 0 Å². The maximum absolute atomic E-state index is 13.5. The smallest absolute Gasteiger partial charge is 0.267 e. The molecule has 1 saturated carbocycles. The van der Waals surface area contributed by atoms with Gasteiger partial charge in [0.2, 0.25) is 0 Å². The second kappa shape index (κ2) is 10.2. The molecule has 0 spiro atoms. The van der Waals surface area contributed by atoms with Crippen molar-refractivity contribution in [3.63, 3.8) is 0 Å². The Morgan fingerprint density at radius 2 is 1.84 bits per heavy atom. The Bertz CT molecular complexity index is 953. The number of rotatable bonds is 6. The zero-order valence-electron chi connectivity index (χ0n) is 18.3. The highest BCUT2D eigenvalue weighted by molar-refractivity contribution is 8.18. The number of hydrogen-bond acceptors (Lipinski definition) is 4. The van der Waals surface area contributed by atoms with Crippen LogP contribution in [0.2, 0.25) is 0 Å². The zero-order chi connectivity index (χ0) is 21.6. The molecule has 2 aromatic rings. The van der Waals surface area contributed by atoms with Gasteiger partial charge in [-0.15, -0.1) is 0 Å². The highest BCUT2D eigenvalue weighted by Gasteiger charge is 2.41. The lowest BCUT2D eigenvalue weighted by Crippen LogP contribution is -2.44. The molecule has 2 atom stereocenters. The van der Waals surface area contributed by atoms with Crippen LogP contribution in [0.4, 0.5) is 5.69 Å². The van der Waals surface area contributed by atoms with Gasteiger partial charge in [-0.1, -0.05) is 57.0 Å². The molecule has 1 saturated heterocycles. The number of nitrogens with zero attached hydrogens (tertiary/aromatic N) is 2. The van der Waals surface area contributed by atoms with Crippen LogP contribution < -0.4 is 4.74 Å². The van der Waals surface area contributed by atoms with E-state index in [1.807, 2.05) is 65.6 Å². The van der Waals surface area contributed by atoms with Gasteiger partial charge in [-0.05, 0) is 72.8 Å². The third-order valence-electron chi connectivity index (χ3n) is 5.87. The standard InChI is InChI=1S/C26H30N2O2S/c1-3-17-30-22-15-13-20(14-16-22)18-24-25(29)28(23-12-8-7-9-19(23)2)26(31-24)27-21-10-5-4-6-11-21/h4-6,10-11,13-16,18-19,23H,3,7-9,12,17H2,1-2H3/b24-18-,27-26?/t19-,23-/m0/s1. The van der Waals surface area contributed by atoms with Crippen LogP contribution in [0, 0.1) is 5.92 Å². The van der Waals surface area contributed by atoms with E-state index >= 15 is 0 Å². The molecule has 2 aromatic carbocycles. The number of hydrogen-bond donors (Lipinski definition) is 0. The third-order valence-corrected chi connectivity index (χ3v) is 6.85. The Balaban J connectivity index is 1.63. The fourth-order valence-electron chi connectivity index (χ4n) is 4.18. The molecule has 2 aliphatic rings. The molecule has 0 N–H and O–H groups in total. The summed E-state index contributed by atoms with van der Waals surface area (Å²) in [6, 6.07) is 18.1. The van der Waals surface area contributed by atoms with E-state index in [1.165, 1.54) is 24.6 Å². The fourth-order valence-corrected chi connectivity index (χ4v) is 5.23. The largest absolute Gasteiger partial charge is 0.494 e. The fraction of sp³-hybridized carbons (Fsp3) is 0.385. The molecule has 0 radical (unpaired) electrons.